The Balaban J connectivity index is 0.000000596. The molecule has 3 rings (SSSR count). The first kappa shape index (κ1) is 20.8. The largest absolute Gasteiger partial charge is 0.481 e. The van der Waals surface area contributed by atoms with Crippen LogP contribution in [0.1, 0.15) is 35.3 Å². The van der Waals surface area contributed by atoms with E-state index in [0.29, 0.717) is 10.0 Å². The number of carbonyl (C=O) groups is 1. The van der Waals surface area contributed by atoms with Gasteiger partial charge in [-0.25, -0.2) is 0 Å². The number of aliphatic carboxylic acids is 1. The summed E-state index contributed by atoms with van der Waals surface area (Å²) < 4.78 is 5.55. The molecule has 0 radical (unpaired) electrons. The SMILES string of the molecule is C=C1C=Cc2ccc(C#Cc3ccc(Cl)cc3Cl)cc2C1OC.CC(=O)O. The van der Waals surface area contributed by atoms with Gasteiger partial charge in [0, 0.05) is 30.2 Å². The Hall–Kier alpha value is -2.51. The maximum Gasteiger partial charge on any atom is 0.300 e. The van der Waals surface area contributed by atoms with Gasteiger partial charge in [0.25, 0.3) is 5.97 Å². The molecule has 0 heterocycles. The topological polar surface area (TPSA) is 46.5 Å². The molecule has 1 N–H and O–H groups in total. The van der Waals surface area contributed by atoms with Crippen molar-refractivity contribution >= 4 is 35.2 Å². The van der Waals surface area contributed by atoms with Crippen molar-refractivity contribution in [3.8, 4) is 11.8 Å². The molecule has 0 fully saturated rings. The van der Waals surface area contributed by atoms with Crippen molar-refractivity contribution in [1.29, 1.82) is 0 Å². The number of rotatable bonds is 1. The summed E-state index contributed by atoms with van der Waals surface area (Å²) in [7, 11) is 1.69. The molecule has 0 bridgehead atoms. The zero-order chi connectivity index (χ0) is 20.0. The Bertz CT molecular complexity index is 961. The lowest BCUT2D eigenvalue weighted by Crippen LogP contribution is -2.08. The standard InChI is InChI=1S/C20H14Cl2O.C2H4O2/c1-13-3-6-15-7-4-14(11-18(15)20(13)23-2)5-8-16-9-10-17(21)12-19(16)22;1-2(3)4/h3-4,6-7,9-12,20H,1H2,2H3;1H3,(H,3,4). The first-order valence-electron chi connectivity index (χ1n) is 8.02. The number of carboxylic acids is 1. The first-order valence-corrected chi connectivity index (χ1v) is 8.77. The average molecular weight is 401 g/mol. The molecule has 1 aliphatic carbocycles. The average Bonchev–Trinajstić information content (AvgIpc) is 2.60. The molecule has 0 amide bonds. The number of benzene rings is 2. The van der Waals surface area contributed by atoms with Gasteiger partial charge in [0.15, 0.2) is 0 Å². The van der Waals surface area contributed by atoms with Crippen LogP contribution in [0.2, 0.25) is 10.0 Å². The number of carboxylic acid groups (broad SMARTS) is 1. The van der Waals surface area contributed by atoms with E-state index in [1.165, 1.54) is 0 Å². The summed E-state index contributed by atoms with van der Waals surface area (Å²) in [5.41, 5.74) is 4.79. The smallest absolute Gasteiger partial charge is 0.300 e. The van der Waals surface area contributed by atoms with E-state index in [1.807, 2.05) is 36.4 Å². The van der Waals surface area contributed by atoms with Crippen LogP contribution in [0.3, 0.4) is 0 Å². The predicted molar refractivity (Wildman–Crippen MR) is 110 cm³/mol. The highest BCUT2D eigenvalue weighted by Crippen LogP contribution is 2.33. The van der Waals surface area contributed by atoms with Gasteiger partial charge >= 0.3 is 0 Å². The molecule has 0 aromatic heterocycles. The molecular formula is C22H18Cl2O3. The lowest BCUT2D eigenvalue weighted by molar-refractivity contribution is -0.134. The van der Waals surface area contributed by atoms with Gasteiger partial charge in [-0.15, -0.1) is 0 Å². The van der Waals surface area contributed by atoms with Crippen LogP contribution in [0.5, 0.6) is 0 Å². The van der Waals surface area contributed by atoms with Gasteiger partial charge in [-0.05, 0) is 47.0 Å². The minimum atomic E-state index is -0.833. The highest BCUT2D eigenvalue weighted by atomic mass is 35.5. The van der Waals surface area contributed by atoms with Crippen molar-refractivity contribution in [2.24, 2.45) is 0 Å². The monoisotopic (exact) mass is 400 g/mol. The molecule has 0 saturated heterocycles. The summed E-state index contributed by atoms with van der Waals surface area (Å²) in [4.78, 5) is 9.00. The van der Waals surface area contributed by atoms with Crippen LogP contribution >= 0.6 is 23.2 Å². The molecule has 1 atom stereocenters. The van der Waals surface area contributed by atoms with Crippen molar-refractivity contribution in [3.05, 3.63) is 86.9 Å². The molecule has 27 heavy (non-hydrogen) atoms. The summed E-state index contributed by atoms with van der Waals surface area (Å²) in [6.07, 6.45) is 3.89. The maximum atomic E-state index is 9.00. The summed E-state index contributed by atoms with van der Waals surface area (Å²) in [5.74, 6) is 5.40. The summed E-state index contributed by atoms with van der Waals surface area (Å²) in [6.45, 7) is 5.11. The highest BCUT2D eigenvalue weighted by molar-refractivity contribution is 6.35. The minimum absolute atomic E-state index is 0.129. The molecule has 1 aliphatic rings. The zero-order valence-electron chi connectivity index (χ0n) is 14.9. The Labute approximate surface area is 168 Å². The van der Waals surface area contributed by atoms with Crippen LogP contribution in [0.25, 0.3) is 6.08 Å². The van der Waals surface area contributed by atoms with Crippen LogP contribution in [-0.4, -0.2) is 18.2 Å². The van der Waals surface area contributed by atoms with Crippen molar-refractivity contribution < 1.29 is 14.6 Å². The number of fused-ring (bicyclic) bond motifs is 1. The summed E-state index contributed by atoms with van der Waals surface area (Å²) in [6, 6.07) is 11.3. The van der Waals surface area contributed by atoms with Gasteiger partial charge < -0.3 is 9.84 Å². The van der Waals surface area contributed by atoms with E-state index in [4.69, 9.17) is 37.8 Å². The Morgan fingerprint density at radius 3 is 2.48 bits per heavy atom. The maximum absolute atomic E-state index is 9.00. The summed E-state index contributed by atoms with van der Waals surface area (Å²) in [5, 5.41) is 8.57. The first-order chi connectivity index (χ1) is 12.8. The molecule has 5 heteroatoms. The number of halogens is 2. The normalized spacial score (nSPS) is 14.4. The Morgan fingerprint density at radius 2 is 1.85 bits per heavy atom. The number of hydrogen-bond acceptors (Lipinski definition) is 2. The van der Waals surface area contributed by atoms with Crippen LogP contribution in [-0.2, 0) is 9.53 Å². The third kappa shape index (κ3) is 5.74. The quantitative estimate of drug-likeness (QED) is 0.619. The molecule has 1 unspecified atom stereocenters. The molecular weight excluding hydrogens is 383 g/mol. The highest BCUT2D eigenvalue weighted by Gasteiger charge is 2.19. The predicted octanol–water partition coefficient (Wildman–Crippen LogP) is 5.75. The molecule has 138 valence electrons. The van der Waals surface area contributed by atoms with Crippen molar-refractivity contribution in [2.45, 2.75) is 13.0 Å². The second-order valence-electron chi connectivity index (χ2n) is 5.76. The molecule has 0 aliphatic heterocycles. The van der Waals surface area contributed by atoms with E-state index < -0.39 is 5.97 Å². The lowest BCUT2D eigenvalue weighted by Gasteiger charge is -2.22. The summed E-state index contributed by atoms with van der Waals surface area (Å²) >= 11 is 12.0. The van der Waals surface area contributed by atoms with Gasteiger partial charge in [-0.1, -0.05) is 59.8 Å². The zero-order valence-corrected chi connectivity index (χ0v) is 16.4. The van der Waals surface area contributed by atoms with Gasteiger partial charge in [0.2, 0.25) is 0 Å². The number of hydrogen-bond donors (Lipinski definition) is 1. The molecule has 0 spiro atoms. The van der Waals surface area contributed by atoms with E-state index in [-0.39, 0.29) is 6.10 Å². The van der Waals surface area contributed by atoms with Crippen LogP contribution in [0.15, 0.2) is 54.6 Å². The van der Waals surface area contributed by atoms with Gasteiger partial charge in [-0.2, -0.15) is 0 Å². The van der Waals surface area contributed by atoms with E-state index in [9.17, 15) is 0 Å². The van der Waals surface area contributed by atoms with Gasteiger partial charge in [-0.3, -0.25) is 4.79 Å². The Morgan fingerprint density at radius 1 is 1.15 bits per heavy atom. The van der Waals surface area contributed by atoms with E-state index in [2.05, 4.69) is 18.4 Å². The van der Waals surface area contributed by atoms with E-state index in [1.54, 1.807) is 19.2 Å². The van der Waals surface area contributed by atoms with Crippen molar-refractivity contribution in [1.82, 2.24) is 0 Å². The molecule has 3 nitrogen and oxygen atoms in total. The second-order valence-corrected chi connectivity index (χ2v) is 6.60. The Kier molecular flexibility index (Phi) is 7.27. The fourth-order valence-corrected chi connectivity index (χ4v) is 2.98. The van der Waals surface area contributed by atoms with Crippen LogP contribution < -0.4 is 0 Å². The van der Waals surface area contributed by atoms with E-state index >= 15 is 0 Å². The third-order valence-electron chi connectivity index (χ3n) is 3.69. The molecule has 0 saturated carbocycles. The fourth-order valence-electron chi connectivity index (χ4n) is 2.52. The second kappa shape index (κ2) is 9.43. The number of methoxy groups -OCH3 is 1. The van der Waals surface area contributed by atoms with Crippen molar-refractivity contribution in [2.75, 3.05) is 7.11 Å². The van der Waals surface area contributed by atoms with Crippen molar-refractivity contribution in [3.63, 3.8) is 0 Å². The van der Waals surface area contributed by atoms with Gasteiger partial charge in [0.05, 0.1) is 5.02 Å². The molecule has 2 aromatic rings. The lowest BCUT2D eigenvalue weighted by atomic mass is 9.90. The molecule has 2 aromatic carbocycles. The third-order valence-corrected chi connectivity index (χ3v) is 4.24. The van der Waals surface area contributed by atoms with Crippen LogP contribution in [0, 0.1) is 11.8 Å². The van der Waals surface area contributed by atoms with Crippen LogP contribution in [0.4, 0.5) is 0 Å². The minimum Gasteiger partial charge on any atom is -0.481 e. The number of ether oxygens (including phenoxy) is 1. The van der Waals surface area contributed by atoms with E-state index in [0.717, 1.165) is 34.8 Å². The van der Waals surface area contributed by atoms with Gasteiger partial charge in [0.1, 0.15) is 6.10 Å². The fraction of sp³-hybridized carbons (Fsp3) is 0.136.